The molecular formula is C21H20ClF3N2O4. The highest BCUT2D eigenvalue weighted by Crippen LogP contribution is 2.38. The van der Waals surface area contributed by atoms with Gasteiger partial charge in [0.2, 0.25) is 0 Å². The van der Waals surface area contributed by atoms with Gasteiger partial charge in [-0.2, -0.15) is 13.2 Å². The van der Waals surface area contributed by atoms with E-state index in [9.17, 15) is 23.1 Å². The minimum absolute atomic E-state index is 0.0108. The summed E-state index contributed by atoms with van der Waals surface area (Å²) < 4.78 is 51.3. The van der Waals surface area contributed by atoms with Gasteiger partial charge < -0.3 is 14.6 Å². The van der Waals surface area contributed by atoms with E-state index in [4.69, 9.17) is 21.1 Å². The molecule has 2 N–H and O–H groups in total. The molecule has 1 atom stereocenters. The SMILES string of the molecule is COc1ccc(C(=O)N2NC(C)=CC2(O)C(F)(F)F)cc1COc1ccc(Cl)c(C)c1. The number of carbonyl (C=O) groups is 1. The van der Waals surface area contributed by atoms with Crippen LogP contribution in [0.1, 0.15) is 28.4 Å². The van der Waals surface area contributed by atoms with Gasteiger partial charge in [0.25, 0.3) is 11.6 Å². The molecule has 1 amide bonds. The normalized spacial score (nSPS) is 18.5. The monoisotopic (exact) mass is 456 g/mol. The maximum Gasteiger partial charge on any atom is 0.442 e. The van der Waals surface area contributed by atoms with E-state index in [0.29, 0.717) is 28.2 Å². The molecule has 6 nitrogen and oxygen atoms in total. The Morgan fingerprint density at radius 2 is 1.94 bits per heavy atom. The molecule has 3 rings (SSSR count). The molecule has 10 heteroatoms. The van der Waals surface area contributed by atoms with E-state index in [1.54, 1.807) is 18.2 Å². The van der Waals surface area contributed by atoms with Crippen molar-refractivity contribution in [3.05, 3.63) is 69.9 Å². The van der Waals surface area contributed by atoms with Crippen molar-refractivity contribution in [2.45, 2.75) is 32.4 Å². The van der Waals surface area contributed by atoms with Crippen LogP contribution < -0.4 is 14.9 Å². The summed E-state index contributed by atoms with van der Waals surface area (Å²) in [6, 6.07) is 9.19. The lowest BCUT2D eigenvalue weighted by atomic mass is 10.1. The maximum absolute atomic E-state index is 13.4. The predicted octanol–water partition coefficient (Wildman–Crippen LogP) is 4.35. The highest BCUT2D eigenvalue weighted by molar-refractivity contribution is 6.31. The van der Waals surface area contributed by atoms with Crippen LogP contribution >= 0.6 is 11.6 Å². The van der Waals surface area contributed by atoms with Crippen molar-refractivity contribution in [2.75, 3.05) is 7.11 Å². The number of alkyl halides is 3. The van der Waals surface area contributed by atoms with Gasteiger partial charge in [0.15, 0.2) is 0 Å². The van der Waals surface area contributed by atoms with Gasteiger partial charge in [0, 0.05) is 21.8 Å². The third-order valence-electron chi connectivity index (χ3n) is 4.72. The Morgan fingerprint density at radius 3 is 2.55 bits per heavy atom. The molecule has 1 aliphatic heterocycles. The van der Waals surface area contributed by atoms with Gasteiger partial charge in [0.05, 0.1) is 7.11 Å². The first kappa shape index (κ1) is 22.8. The fourth-order valence-corrected chi connectivity index (χ4v) is 3.21. The Balaban J connectivity index is 1.87. The third kappa shape index (κ3) is 4.42. The average Bonchev–Trinajstić information content (AvgIpc) is 3.03. The van der Waals surface area contributed by atoms with Crippen LogP contribution in [0.25, 0.3) is 0 Å². The number of ether oxygens (including phenoxy) is 2. The fourth-order valence-electron chi connectivity index (χ4n) is 3.10. The number of benzene rings is 2. The summed E-state index contributed by atoms with van der Waals surface area (Å²) in [5.41, 5.74) is -0.0629. The van der Waals surface area contributed by atoms with E-state index in [1.807, 2.05) is 6.92 Å². The topological polar surface area (TPSA) is 71.0 Å². The average molecular weight is 457 g/mol. The summed E-state index contributed by atoms with van der Waals surface area (Å²) in [4.78, 5) is 12.8. The summed E-state index contributed by atoms with van der Waals surface area (Å²) in [5, 5.41) is 10.9. The summed E-state index contributed by atoms with van der Waals surface area (Å²) >= 11 is 6.00. The highest BCUT2D eigenvalue weighted by Gasteiger charge is 2.61. The maximum atomic E-state index is 13.4. The van der Waals surface area contributed by atoms with Gasteiger partial charge in [-0.1, -0.05) is 11.6 Å². The second-order valence-electron chi connectivity index (χ2n) is 7.03. The fraction of sp³-hybridized carbons (Fsp3) is 0.286. The lowest BCUT2D eigenvalue weighted by Gasteiger charge is -2.33. The predicted molar refractivity (Wildman–Crippen MR) is 108 cm³/mol. The Hall–Kier alpha value is -2.91. The molecule has 0 fully saturated rings. The number of hydrogen-bond acceptors (Lipinski definition) is 5. The van der Waals surface area contributed by atoms with E-state index in [-0.39, 0.29) is 22.9 Å². The lowest BCUT2D eigenvalue weighted by Crippen LogP contribution is -2.60. The summed E-state index contributed by atoms with van der Waals surface area (Å²) in [7, 11) is 1.42. The number of aryl methyl sites for hydroxylation is 1. The number of rotatable bonds is 5. The standard InChI is InChI=1S/C21H20ClF3N2O4/c1-12-8-16(5-6-17(12)22)31-11-15-9-14(4-7-18(15)30-3)19(28)27-20(29,21(23,24)25)10-13(2)26-27/h4-10,26,29H,11H2,1-3H3. The van der Waals surface area contributed by atoms with E-state index in [0.717, 1.165) is 5.56 Å². The molecule has 0 aliphatic carbocycles. The Morgan fingerprint density at radius 1 is 1.23 bits per heavy atom. The van der Waals surface area contributed by atoms with Crippen LogP contribution in [0.2, 0.25) is 5.02 Å². The first-order chi connectivity index (χ1) is 14.5. The van der Waals surface area contributed by atoms with Crippen LogP contribution in [0.4, 0.5) is 13.2 Å². The van der Waals surface area contributed by atoms with Gasteiger partial charge >= 0.3 is 6.18 Å². The van der Waals surface area contributed by atoms with Crippen molar-refractivity contribution >= 4 is 17.5 Å². The largest absolute Gasteiger partial charge is 0.496 e. The molecule has 31 heavy (non-hydrogen) atoms. The van der Waals surface area contributed by atoms with Crippen molar-refractivity contribution in [3.63, 3.8) is 0 Å². The van der Waals surface area contributed by atoms with Crippen molar-refractivity contribution in [2.24, 2.45) is 0 Å². The summed E-state index contributed by atoms with van der Waals surface area (Å²) in [6.07, 6.45) is -4.56. The second kappa shape index (κ2) is 8.32. The number of amides is 1. The van der Waals surface area contributed by atoms with Gasteiger partial charge in [-0.15, -0.1) is 0 Å². The third-order valence-corrected chi connectivity index (χ3v) is 5.14. The molecule has 0 saturated carbocycles. The van der Waals surface area contributed by atoms with Crippen LogP contribution in [0, 0.1) is 6.92 Å². The number of aliphatic hydroxyl groups is 1. The van der Waals surface area contributed by atoms with Crippen LogP contribution in [-0.2, 0) is 6.61 Å². The Labute approximate surface area is 181 Å². The molecule has 2 aromatic carbocycles. The summed E-state index contributed by atoms with van der Waals surface area (Å²) in [6.45, 7) is 3.11. The van der Waals surface area contributed by atoms with E-state index < -0.39 is 17.8 Å². The molecule has 0 saturated heterocycles. The van der Waals surface area contributed by atoms with Crippen LogP contribution in [-0.4, -0.2) is 35.0 Å². The number of hydrazine groups is 1. The van der Waals surface area contributed by atoms with Crippen molar-refractivity contribution in [1.29, 1.82) is 0 Å². The number of hydrogen-bond donors (Lipinski definition) is 2. The minimum atomic E-state index is -5.10. The number of nitrogens with one attached hydrogen (secondary N) is 1. The van der Waals surface area contributed by atoms with E-state index in [2.05, 4.69) is 5.43 Å². The number of halogens is 4. The zero-order chi connectivity index (χ0) is 23.0. The number of carbonyl (C=O) groups excluding carboxylic acids is 1. The molecule has 0 radical (unpaired) electrons. The van der Waals surface area contributed by atoms with Gasteiger partial charge in [-0.3, -0.25) is 10.2 Å². The summed E-state index contributed by atoms with van der Waals surface area (Å²) in [5.74, 6) is -0.163. The highest BCUT2D eigenvalue weighted by atomic mass is 35.5. The number of nitrogens with zero attached hydrogens (tertiary/aromatic N) is 1. The van der Waals surface area contributed by atoms with E-state index >= 15 is 0 Å². The quantitative estimate of drug-likeness (QED) is 0.700. The molecule has 0 aromatic heterocycles. The van der Waals surface area contributed by atoms with Crippen molar-refractivity contribution in [3.8, 4) is 11.5 Å². The zero-order valence-corrected chi connectivity index (χ0v) is 17.6. The number of methoxy groups -OCH3 is 1. The molecule has 166 valence electrons. The van der Waals surface area contributed by atoms with Gasteiger partial charge in [0.1, 0.15) is 18.1 Å². The first-order valence-electron chi connectivity index (χ1n) is 9.12. The smallest absolute Gasteiger partial charge is 0.442 e. The molecule has 1 unspecified atom stereocenters. The van der Waals surface area contributed by atoms with Crippen LogP contribution in [0.15, 0.2) is 48.2 Å². The second-order valence-corrected chi connectivity index (χ2v) is 7.44. The molecule has 1 aliphatic rings. The Bertz CT molecular complexity index is 1040. The zero-order valence-electron chi connectivity index (χ0n) is 16.9. The first-order valence-corrected chi connectivity index (χ1v) is 9.49. The van der Waals surface area contributed by atoms with Crippen LogP contribution in [0.5, 0.6) is 11.5 Å². The van der Waals surface area contributed by atoms with E-state index in [1.165, 1.54) is 32.2 Å². The molecular weight excluding hydrogens is 437 g/mol. The number of allylic oxidation sites excluding steroid dienone is 1. The minimum Gasteiger partial charge on any atom is -0.496 e. The Kier molecular flexibility index (Phi) is 6.11. The molecule has 0 bridgehead atoms. The lowest BCUT2D eigenvalue weighted by molar-refractivity contribution is -0.283. The molecule has 0 spiro atoms. The van der Waals surface area contributed by atoms with Gasteiger partial charge in [-0.25, -0.2) is 5.01 Å². The van der Waals surface area contributed by atoms with Crippen molar-refractivity contribution < 1.29 is 32.5 Å². The van der Waals surface area contributed by atoms with Crippen molar-refractivity contribution in [1.82, 2.24) is 10.4 Å². The van der Waals surface area contributed by atoms with Gasteiger partial charge in [-0.05, 0) is 61.9 Å². The molecule has 1 heterocycles. The molecule has 2 aromatic rings. The van der Waals surface area contributed by atoms with Crippen LogP contribution in [0.3, 0.4) is 0 Å².